The van der Waals surface area contributed by atoms with E-state index in [-0.39, 0.29) is 0 Å². The third kappa shape index (κ3) is 2.47. The molecule has 2 rings (SSSR count). The van der Waals surface area contributed by atoms with Crippen molar-refractivity contribution in [3.63, 3.8) is 0 Å². The van der Waals surface area contributed by atoms with Crippen LogP contribution in [0.5, 0.6) is 0 Å². The molecule has 2 aromatic heterocycles. The number of H-pyrrole nitrogens is 2. The summed E-state index contributed by atoms with van der Waals surface area (Å²) in [5.74, 6) is 1.06. The first-order chi connectivity index (χ1) is 7.40. The van der Waals surface area contributed by atoms with E-state index < -0.39 is 0 Å². The molecule has 0 fully saturated rings. The molecule has 2 heterocycles. The number of aromatic amines is 2. The molecule has 4 heteroatoms. The van der Waals surface area contributed by atoms with E-state index in [1.165, 1.54) is 0 Å². The van der Waals surface area contributed by atoms with E-state index >= 15 is 0 Å². The van der Waals surface area contributed by atoms with Gasteiger partial charge in [0.05, 0.1) is 11.9 Å². The number of rotatable bonds is 5. The summed E-state index contributed by atoms with van der Waals surface area (Å²) in [5.41, 5.74) is 2.23. The molecule has 0 amide bonds. The molecule has 80 valence electrons. The maximum atomic E-state index is 4.35. The molecule has 0 spiro atoms. The highest BCUT2D eigenvalue weighted by Crippen LogP contribution is 2.15. The molecule has 0 aliphatic carbocycles. The quantitative estimate of drug-likeness (QED) is 0.647. The zero-order chi connectivity index (χ0) is 10.5. The lowest BCUT2D eigenvalue weighted by Gasteiger charge is -1.96. The molecule has 0 saturated carbocycles. The van der Waals surface area contributed by atoms with E-state index in [2.05, 4.69) is 20.3 Å². The summed E-state index contributed by atoms with van der Waals surface area (Å²) in [6.45, 7) is 1.03. The second-order valence-corrected chi connectivity index (χ2v) is 3.55. The van der Waals surface area contributed by atoms with Crippen molar-refractivity contribution < 1.29 is 0 Å². The number of nitrogens with zero attached hydrogens (tertiary/aromatic N) is 1. The Morgan fingerprint density at radius 2 is 2.40 bits per heavy atom. The molecule has 15 heavy (non-hydrogen) atoms. The fraction of sp³-hybridized carbons (Fsp3) is 0.364. The van der Waals surface area contributed by atoms with E-state index in [9.17, 15) is 0 Å². The number of hydrogen-bond acceptors (Lipinski definition) is 2. The third-order valence-electron chi connectivity index (χ3n) is 2.38. The van der Waals surface area contributed by atoms with Gasteiger partial charge in [-0.2, -0.15) is 0 Å². The Hall–Kier alpha value is -1.55. The van der Waals surface area contributed by atoms with Crippen LogP contribution in [-0.4, -0.2) is 28.5 Å². The zero-order valence-corrected chi connectivity index (χ0v) is 8.88. The first kappa shape index (κ1) is 9.98. The number of nitrogens with one attached hydrogen (secondary N) is 3. The van der Waals surface area contributed by atoms with Crippen LogP contribution < -0.4 is 5.32 Å². The van der Waals surface area contributed by atoms with Crippen molar-refractivity contribution in [2.45, 2.75) is 12.8 Å². The normalized spacial score (nSPS) is 10.7. The van der Waals surface area contributed by atoms with Gasteiger partial charge in [0.2, 0.25) is 0 Å². The average molecular weight is 204 g/mol. The molecular weight excluding hydrogens is 188 g/mol. The summed E-state index contributed by atoms with van der Waals surface area (Å²) < 4.78 is 0. The van der Waals surface area contributed by atoms with Crippen LogP contribution in [0.25, 0.3) is 11.3 Å². The van der Waals surface area contributed by atoms with Crippen molar-refractivity contribution in [2.24, 2.45) is 0 Å². The predicted octanol–water partition coefficient (Wildman–Crippen LogP) is 1.56. The molecule has 0 aliphatic rings. The van der Waals surface area contributed by atoms with Crippen LogP contribution in [0.3, 0.4) is 0 Å². The largest absolute Gasteiger partial charge is 0.367 e. The Balaban J connectivity index is 1.98. The van der Waals surface area contributed by atoms with Crippen LogP contribution >= 0.6 is 0 Å². The standard InChI is InChI=1S/C11H16N4/c1-12-5-2-3-11-14-8-10(15-11)9-4-6-13-7-9/h4,6-8,12-13H,2-3,5H2,1H3,(H,14,15). The molecule has 4 nitrogen and oxygen atoms in total. The van der Waals surface area contributed by atoms with E-state index in [1.54, 1.807) is 0 Å². The molecule has 0 saturated heterocycles. The Labute approximate surface area is 89.1 Å². The smallest absolute Gasteiger partial charge is 0.106 e. The highest BCUT2D eigenvalue weighted by Gasteiger charge is 2.02. The number of imidazole rings is 1. The van der Waals surface area contributed by atoms with Gasteiger partial charge < -0.3 is 15.3 Å². The van der Waals surface area contributed by atoms with Crippen molar-refractivity contribution in [3.05, 3.63) is 30.5 Å². The fourth-order valence-electron chi connectivity index (χ4n) is 1.56. The van der Waals surface area contributed by atoms with Gasteiger partial charge in [-0.05, 0) is 26.1 Å². The molecular formula is C11H16N4. The van der Waals surface area contributed by atoms with Crippen molar-refractivity contribution in [1.29, 1.82) is 0 Å². The Kier molecular flexibility index (Phi) is 3.19. The summed E-state index contributed by atoms with van der Waals surface area (Å²) in [4.78, 5) is 10.7. The minimum Gasteiger partial charge on any atom is -0.367 e. The number of aryl methyl sites for hydroxylation is 1. The van der Waals surface area contributed by atoms with Gasteiger partial charge in [0, 0.05) is 24.4 Å². The molecule has 3 N–H and O–H groups in total. The molecule has 0 atom stereocenters. The van der Waals surface area contributed by atoms with Gasteiger partial charge in [0.25, 0.3) is 0 Å². The Bertz CT molecular complexity index is 388. The Morgan fingerprint density at radius 3 is 3.13 bits per heavy atom. The molecule has 2 aromatic rings. The van der Waals surface area contributed by atoms with E-state index in [0.29, 0.717) is 0 Å². The van der Waals surface area contributed by atoms with Crippen LogP contribution in [0.4, 0.5) is 0 Å². The lowest BCUT2D eigenvalue weighted by molar-refractivity contribution is 0.707. The lowest BCUT2D eigenvalue weighted by atomic mass is 10.3. The van der Waals surface area contributed by atoms with Crippen molar-refractivity contribution in [3.8, 4) is 11.3 Å². The van der Waals surface area contributed by atoms with Gasteiger partial charge in [-0.15, -0.1) is 0 Å². The SMILES string of the molecule is CNCCCc1ncc(-c2cc[nH]c2)[nH]1. The van der Waals surface area contributed by atoms with Crippen molar-refractivity contribution >= 4 is 0 Å². The van der Waals surface area contributed by atoms with Crippen molar-refractivity contribution in [1.82, 2.24) is 20.3 Å². The first-order valence-corrected chi connectivity index (χ1v) is 5.22. The second-order valence-electron chi connectivity index (χ2n) is 3.55. The lowest BCUT2D eigenvalue weighted by Crippen LogP contribution is -2.08. The van der Waals surface area contributed by atoms with Gasteiger partial charge in [-0.3, -0.25) is 0 Å². The van der Waals surface area contributed by atoms with Crippen LogP contribution in [-0.2, 0) is 6.42 Å². The number of aromatic nitrogens is 3. The first-order valence-electron chi connectivity index (χ1n) is 5.22. The maximum Gasteiger partial charge on any atom is 0.106 e. The fourth-order valence-corrected chi connectivity index (χ4v) is 1.56. The van der Waals surface area contributed by atoms with Crippen LogP contribution in [0.2, 0.25) is 0 Å². The number of hydrogen-bond donors (Lipinski definition) is 3. The van der Waals surface area contributed by atoms with E-state index in [4.69, 9.17) is 0 Å². The van der Waals surface area contributed by atoms with E-state index in [0.717, 1.165) is 36.5 Å². The van der Waals surface area contributed by atoms with Crippen LogP contribution in [0.1, 0.15) is 12.2 Å². The monoisotopic (exact) mass is 204 g/mol. The molecule has 0 bridgehead atoms. The molecule has 0 aliphatic heterocycles. The van der Waals surface area contributed by atoms with Gasteiger partial charge in [0.1, 0.15) is 5.82 Å². The molecule has 0 aromatic carbocycles. The van der Waals surface area contributed by atoms with Crippen molar-refractivity contribution in [2.75, 3.05) is 13.6 Å². The van der Waals surface area contributed by atoms with E-state index in [1.807, 2.05) is 31.7 Å². The summed E-state index contributed by atoms with van der Waals surface area (Å²) in [7, 11) is 1.97. The minimum atomic E-state index is 0.991. The summed E-state index contributed by atoms with van der Waals surface area (Å²) >= 11 is 0. The molecule has 0 unspecified atom stereocenters. The predicted molar refractivity (Wildman–Crippen MR) is 60.6 cm³/mol. The second kappa shape index (κ2) is 4.79. The van der Waals surface area contributed by atoms with Gasteiger partial charge >= 0.3 is 0 Å². The molecule has 0 radical (unpaired) electrons. The average Bonchev–Trinajstić information content (AvgIpc) is 2.87. The summed E-state index contributed by atoms with van der Waals surface area (Å²) in [5, 5.41) is 3.13. The maximum absolute atomic E-state index is 4.35. The minimum absolute atomic E-state index is 0.991. The van der Waals surface area contributed by atoms with Gasteiger partial charge in [-0.1, -0.05) is 0 Å². The third-order valence-corrected chi connectivity index (χ3v) is 2.38. The highest BCUT2D eigenvalue weighted by molar-refractivity contribution is 5.57. The summed E-state index contributed by atoms with van der Waals surface area (Å²) in [6, 6.07) is 2.03. The van der Waals surface area contributed by atoms with Gasteiger partial charge in [0.15, 0.2) is 0 Å². The zero-order valence-electron chi connectivity index (χ0n) is 8.88. The van der Waals surface area contributed by atoms with Gasteiger partial charge in [-0.25, -0.2) is 4.98 Å². The topological polar surface area (TPSA) is 56.5 Å². The highest BCUT2D eigenvalue weighted by atomic mass is 14.9. The van der Waals surface area contributed by atoms with Crippen LogP contribution in [0, 0.1) is 0 Å². The summed E-state index contributed by atoms with van der Waals surface area (Å²) in [6.07, 6.45) is 7.86. The Morgan fingerprint density at radius 1 is 1.47 bits per heavy atom. The van der Waals surface area contributed by atoms with Crippen LogP contribution in [0.15, 0.2) is 24.7 Å².